The summed E-state index contributed by atoms with van der Waals surface area (Å²) >= 11 is 0. The van der Waals surface area contributed by atoms with Crippen LogP contribution < -0.4 is 5.32 Å². The molecule has 0 bridgehead atoms. The third-order valence-corrected chi connectivity index (χ3v) is 2.80. The van der Waals surface area contributed by atoms with Gasteiger partial charge in [0.05, 0.1) is 0 Å². The number of amides is 1. The Morgan fingerprint density at radius 1 is 1.60 bits per heavy atom. The van der Waals surface area contributed by atoms with E-state index in [9.17, 15) is 9.18 Å². The number of hydrogen-bond acceptors (Lipinski definition) is 1. The van der Waals surface area contributed by atoms with Gasteiger partial charge in [0.25, 0.3) is 0 Å². The van der Waals surface area contributed by atoms with Crippen molar-refractivity contribution < 1.29 is 9.18 Å². The van der Waals surface area contributed by atoms with Crippen molar-refractivity contribution in [1.29, 1.82) is 0 Å². The van der Waals surface area contributed by atoms with Crippen LogP contribution in [0.15, 0.2) is 0 Å². The molecule has 0 saturated carbocycles. The van der Waals surface area contributed by atoms with Crippen molar-refractivity contribution >= 4 is 5.91 Å². The van der Waals surface area contributed by atoms with E-state index in [4.69, 9.17) is 0 Å². The fourth-order valence-electron chi connectivity index (χ4n) is 1.77. The Balaban J connectivity index is 2.51. The van der Waals surface area contributed by atoms with Crippen LogP contribution in [-0.4, -0.2) is 18.6 Å². The van der Waals surface area contributed by atoms with Gasteiger partial charge in [0.2, 0.25) is 5.91 Å². The molecule has 0 fully saturated rings. The van der Waals surface area contributed by atoms with Crippen LogP contribution in [0.2, 0.25) is 0 Å². The Labute approximate surface area is 90.6 Å². The van der Waals surface area contributed by atoms with E-state index in [1.807, 2.05) is 0 Å². The first kappa shape index (κ1) is 12.0. The van der Waals surface area contributed by atoms with Crippen molar-refractivity contribution in [3.8, 4) is 11.8 Å². The molecular formula is C12H18FNO. The zero-order valence-corrected chi connectivity index (χ0v) is 9.40. The van der Waals surface area contributed by atoms with E-state index < -0.39 is 5.67 Å². The van der Waals surface area contributed by atoms with Gasteiger partial charge in [0, 0.05) is 19.9 Å². The van der Waals surface area contributed by atoms with E-state index in [-0.39, 0.29) is 11.8 Å². The van der Waals surface area contributed by atoms with E-state index in [0.717, 1.165) is 12.8 Å². The van der Waals surface area contributed by atoms with E-state index in [2.05, 4.69) is 17.2 Å². The second kappa shape index (κ2) is 5.16. The van der Waals surface area contributed by atoms with Gasteiger partial charge in [-0.25, -0.2) is 4.39 Å². The summed E-state index contributed by atoms with van der Waals surface area (Å²) < 4.78 is 13.6. The quantitative estimate of drug-likeness (QED) is 0.696. The Kier molecular flexibility index (Phi) is 4.14. The fraction of sp³-hybridized carbons (Fsp3) is 0.750. The van der Waals surface area contributed by atoms with Crippen LogP contribution in [0.4, 0.5) is 4.39 Å². The lowest BCUT2D eigenvalue weighted by atomic mass is 9.87. The number of carbonyl (C=O) groups is 1. The highest BCUT2D eigenvalue weighted by Crippen LogP contribution is 2.26. The monoisotopic (exact) mass is 211 g/mol. The van der Waals surface area contributed by atoms with Gasteiger partial charge in [-0.15, -0.1) is 0 Å². The molecular weight excluding hydrogens is 193 g/mol. The van der Waals surface area contributed by atoms with Gasteiger partial charge in [-0.05, 0) is 32.1 Å². The van der Waals surface area contributed by atoms with Crippen LogP contribution in [0.25, 0.3) is 0 Å². The molecule has 0 aromatic heterocycles. The van der Waals surface area contributed by atoms with Crippen LogP contribution in [-0.2, 0) is 4.79 Å². The third-order valence-electron chi connectivity index (χ3n) is 2.80. The van der Waals surface area contributed by atoms with Crippen LogP contribution >= 0.6 is 0 Å². The van der Waals surface area contributed by atoms with E-state index in [1.165, 1.54) is 6.92 Å². The van der Waals surface area contributed by atoms with E-state index in [1.54, 1.807) is 7.05 Å². The molecule has 0 aromatic rings. The third kappa shape index (κ3) is 4.33. The van der Waals surface area contributed by atoms with Gasteiger partial charge >= 0.3 is 0 Å². The Morgan fingerprint density at radius 3 is 3.00 bits per heavy atom. The SMILES string of the molecule is CNC(=O)CC1CCC#CC(C)(F)CC1. The Bertz CT molecular complexity index is 288. The highest BCUT2D eigenvalue weighted by Gasteiger charge is 2.24. The molecule has 15 heavy (non-hydrogen) atoms. The van der Waals surface area contributed by atoms with Gasteiger partial charge < -0.3 is 5.32 Å². The largest absolute Gasteiger partial charge is 0.359 e. The number of hydrogen-bond donors (Lipinski definition) is 1. The molecule has 1 aliphatic rings. The van der Waals surface area contributed by atoms with Gasteiger partial charge in [-0.3, -0.25) is 4.79 Å². The lowest BCUT2D eigenvalue weighted by Crippen LogP contribution is -2.24. The van der Waals surface area contributed by atoms with Crippen molar-refractivity contribution in [2.24, 2.45) is 5.92 Å². The summed E-state index contributed by atoms with van der Waals surface area (Å²) in [4.78, 5) is 11.2. The van der Waals surface area contributed by atoms with Gasteiger partial charge in [-0.1, -0.05) is 11.8 Å². The molecule has 1 aliphatic carbocycles. The summed E-state index contributed by atoms with van der Waals surface area (Å²) in [5.74, 6) is 5.78. The van der Waals surface area contributed by atoms with Crippen molar-refractivity contribution in [3.05, 3.63) is 0 Å². The first-order chi connectivity index (χ1) is 7.03. The van der Waals surface area contributed by atoms with Crippen LogP contribution in [0.5, 0.6) is 0 Å². The minimum absolute atomic E-state index is 0.0362. The van der Waals surface area contributed by atoms with Crippen LogP contribution in [0.1, 0.15) is 39.0 Å². The van der Waals surface area contributed by atoms with Crippen molar-refractivity contribution in [3.63, 3.8) is 0 Å². The minimum atomic E-state index is -1.37. The van der Waals surface area contributed by atoms with Gasteiger partial charge in [-0.2, -0.15) is 0 Å². The zero-order valence-electron chi connectivity index (χ0n) is 9.40. The normalized spacial score (nSPS) is 30.7. The summed E-state index contributed by atoms with van der Waals surface area (Å²) in [5.41, 5.74) is -1.37. The molecule has 2 nitrogen and oxygen atoms in total. The molecule has 0 saturated heterocycles. The predicted octanol–water partition coefficient (Wildman–Crippen LogP) is 2.04. The maximum absolute atomic E-state index is 13.6. The molecule has 0 heterocycles. The van der Waals surface area contributed by atoms with E-state index >= 15 is 0 Å². The van der Waals surface area contributed by atoms with E-state index in [0.29, 0.717) is 19.3 Å². The molecule has 2 atom stereocenters. The molecule has 1 N–H and O–H groups in total. The summed E-state index contributed by atoms with van der Waals surface area (Å²) in [6, 6.07) is 0. The molecule has 0 radical (unpaired) electrons. The number of rotatable bonds is 2. The summed E-state index contributed by atoms with van der Waals surface area (Å²) in [7, 11) is 1.63. The molecule has 2 unspecified atom stereocenters. The maximum atomic E-state index is 13.6. The minimum Gasteiger partial charge on any atom is -0.359 e. The van der Waals surface area contributed by atoms with Crippen molar-refractivity contribution in [1.82, 2.24) is 5.32 Å². The van der Waals surface area contributed by atoms with Crippen LogP contribution in [0.3, 0.4) is 0 Å². The molecule has 1 amide bonds. The average molecular weight is 211 g/mol. The summed E-state index contributed by atoms with van der Waals surface area (Å²) in [6.45, 7) is 1.52. The summed E-state index contributed by atoms with van der Waals surface area (Å²) in [5, 5.41) is 2.60. The van der Waals surface area contributed by atoms with Crippen LogP contribution in [0, 0.1) is 17.8 Å². The van der Waals surface area contributed by atoms with Gasteiger partial charge in [0.15, 0.2) is 5.67 Å². The Morgan fingerprint density at radius 2 is 2.33 bits per heavy atom. The molecule has 84 valence electrons. The topological polar surface area (TPSA) is 29.1 Å². The standard InChI is InChI=1S/C12H18FNO/c1-12(13)7-4-3-5-10(6-8-12)9-11(15)14-2/h10H,3,5-6,8-9H2,1-2H3,(H,14,15). The lowest BCUT2D eigenvalue weighted by molar-refractivity contribution is -0.121. The molecule has 0 spiro atoms. The molecule has 1 rings (SSSR count). The first-order valence-corrected chi connectivity index (χ1v) is 5.43. The second-order valence-corrected chi connectivity index (χ2v) is 4.32. The predicted molar refractivity (Wildman–Crippen MR) is 57.9 cm³/mol. The lowest BCUT2D eigenvalue weighted by Gasteiger charge is -2.21. The highest BCUT2D eigenvalue weighted by atomic mass is 19.1. The van der Waals surface area contributed by atoms with Crippen molar-refractivity contribution in [2.45, 2.75) is 44.7 Å². The second-order valence-electron chi connectivity index (χ2n) is 4.32. The molecule has 0 aromatic carbocycles. The smallest absolute Gasteiger partial charge is 0.220 e. The number of carbonyl (C=O) groups excluding carboxylic acids is 1. The molecule has 3 heteroatoms. The first-order valence-electron chi connectivity index (χ1n) is 5.43. The Hall–Kier alpha value is -1.04. The molecule has 0 aliphatic heterocycles. The maximum Gasteiger partial charge on any atom is 0.220 e. The average Bonchev–Trinajstić information content (AvgIpc) is 2.18. The summed E-state index contributed by atoms with van der Waals surface area (Å²) in [6.07, 6.45) is 3.27. The number of alkyl halides is 1. The zero-order chi connectivity index (χ0) is 11.3. The fourth-order valence-corrected chi connectivity index (χ4v) is 1.77. The number of nitrogens with one attached hydrogen (secondary N) is 1. The van der Waals surface area contributed by atoms with Gasteiger partial charge in [0.1, 0.15) is 0 Å². The van der Waals surface area contributed by atoms with Crippen molar-refractivity contribution in [2.75, 3.05) is 7.05 Å². The highest BCUT2D eigenvalue weighted by molar-refractivity contribution is 5.75. The number of halogens is 1.